The van der Waals surface area contributed by atoms with Crippen LogP contribution in [0.5, 0.6) is 0 Å². The van der Waals surface area contributed by atoms with Gasteiger partial charge in [-0.3, -0.25) is 4.79 Å². The van der Waals surface area contributed by atoms with Crippen LogP contribution in [0.25, 0.3) is 11.0 Å². The maximum Gasteiger partial charge on any atom is 0.230 e. The van der Waals surface area contributed by atoms with Crippen LogP contribution in [-0.4, -0.2) is 50.9 Å². The lowest BCUT2D eigenvalue weighted by Crippen LogP contribution is -2.48. The Bertz CT molecular complexity index is 941. The molecular weight excluding hydrogens is 340 g/mol. The molecular formula is C20H24N6O. The highest BCUT2D eigenvalue weighted by atomic mass is 16.2. The van der Waals surface area contributed by atoms with E-state index in [1.54, 1.807) is 6.33 Å². The molecule has 2 aromatic rings. The van der Waals surface area contributed by atoms with E-state index in [2.05, 4.69) is 24.8 Å². The van der Waals surface area contributed by atoms with E-state index in [0.717, 1.165) is 61.4 Å². The van der Waals surface area contributed by atoms with Crippen LogP contribution < -0.4 is 10.6 Å². The Morgan fingerprint density at radius 1 is 1.30 bits per heavy atom. The highest BCUT2D eigenvalue weighted by Crippen LogP contribution is 2.45. The largest absolute Gasteiger partial charge is 0.399 e. The summed E-state index contributed by atoms with van der Waals surface area (Å²) in [5.41, 5.74) is 7.37. The lowest BCUT2D eigenvalue weighted by Gasteiger charge is -2.34. The zero-order chi connectivity index (χ0) is 18.4. The van der Waals surface area contributed by atoms with Gasteiger partial charge >= 0.3 is 0 Å². The normalized spacial score (nSPS) is 24.1. The fourth-order valence-electron chi connectivity index (χ4n) is 4.40. The average Bonchev–Trinajstić information content (AvgIpc) is 3.34. The number of H-pyrrole nitrogens is 1. The molecule has 2 fully saturated rings. The maximum absolute atomic E-state index is 13.2. The lowest BCUT2D eigenvalue weighted by molar-refractivity contribution is -0.136. The fraction of sp³-hybridized carbons (Fsp3) is 0.450. The van der Waals surface area contributed by atoms with E-state index in [4.69, 9.17) is 5.73 Å². The molecule has 1 saturated carbocycles. The van der Waals surface area contributed by atoms with Crippen molar-refractivity contribution in [1.82, 2.24) is 19.9 Å². The molecule has 3 heterocycles. The van der Waals surface area contributed by atoms with E-state index in [9.17, 15) is 4.79 Å². The molecule has 2 aliphatic carbocycles. The Balaban J connectivity index is 1.40. The molecule has 140 valence electrons. The quantitative estimate of drug-likeness (QED) is 0.850. The third-order valence-corrected chi connectivity index (χ3v) is 6.04. The number of carbonyl (C=O) groups is 1. The molecule has 7 heteroatoms. The topological polar surface area (TPSA) is 91.1 Å². The van der Waals surface area contributed by atoms with Crippen molar-refractivity contribution in [2.24, 2.45) is 11.7 Å². The molecule has 7 nitrogen and oxygen atoms in total. The summed E-state index contributed by atoms with van der Waals surface area (Å²) in [6.45, 7) is 2.54. The molecule has 1 amide bonds. The molecule has 27 heavy (non-hydrogen) atoms. The van der Waals surface area contributed by atoms with Crippen molar-refractivity contribution in [2.45, 2.75) is 31.2 Å². The molecule has 1 saturated heterocycles. The van der Waals surface area contributed by atoms with Crippen molar-refractivity contribution in [3.05, 3.63) is 42.5 Å². The number of rotatable bonds is 2. The van der Waals surface area contributed by atoms with Crippen LogP contribution in [-0.2, 0) is 4.79 Å². The van der Waals surface area contributed by atoms with Crippen LogP contribution in [0.2, 0.25) is 0 Å². The zero-order valence-corrected chi connectivity index (χ0v) is 15.3. The molecule has 5 rings (SSSR count). The predicted molar refractivity (Wildman–Crippen MR) is 104 cm³/mol. The smallest absolute Gasteiger partial charge is 0.230 e. The van der Waals surface area contributed by atoms with E-state index in [-0.39, 0.29) is 17.4 Å². The van der Waals surface area contributed by atoms with Gasteiger partial charge in [-0.25, -0.2) is 9.97 Å². The number of hydrogen-bond acceptors (Lipinski definition) is 5. The van der Waals surface area contributed by atoms with E-state index in [0.29, 0.717) is 6.42 Å². The number of nitrogens with zero attached hydrogens (tertiary/aromatic N) is 4. The molecule has 0 radical (unpaired) electrons. The monoisotopic (exact) mass is 364 g/mol. The van der Waals surface area contributed by atoms with E-state index < -0.39 is 0 Å². The first kappa shape index (κ1) is 16.4. The van der Waals surface area contributed by atoms with Gasteiger partial charge in [0, 0.05) is 31.5 Å². The minimum absolute atomic E-state index is 0.0539. The van der Waals surface area contributed by atoms with Crippen LogP contribution >= 0.6 is 0 Å². The SMILES string of the molecule is NC1=CCC(C(=O)N2CCCN(c3ncnc4[nH]ccc34)CC23CC3)C=C1. The number of nitrogens with one attached hydrogen (secondary N) is 1. The van der Waals surface area contributed by atoms with Gasteiger partial charge in [-0.1, -0.05) is 12.2 Å². The Hall–Kier alpha value is -2.83. The van der Waals surface area contributed by atoms with Gasteiger partial charge in [0.25, 0.3) is 0 Å². The standard InChI is InChI=1S/C20H24N6O/c21-15-4-2-14(3-5-15)19(27)26-11-1-10-25(12-20(26)7-8-20)18-16-6-9-22-17(16)23-13-24-18/h2,4-6,9,13-14H,1,3,7-8,10-12,21H2,(H,22,23,24). The first-order valence-electron chi connectivity index (χ1n) is 9.65. The second kappa shape index (κ2) is 6.11. The maximum atomic E-state index is 13.2. The number of amides is 1. The summed E-state index contributed by atoms with van der Waals surface area (Å²) >= 11 is 0. The van der Waals surface area contributed by atoms with Gasteiger partial charge in [-0.05, 0) is 37.8 Å². The first-order chi connectivity index (χ1) is 13.2. The Morgan fingerprint density at radius 2 is 2.19 bits per heavy atom. The first-order valence-corrected chi connectivity index (χ1v) is 9.65. The lowest BCUT2D eigenvalue weighted by atomic mass is 9.97. The number of carbonyl (C=O) groups excluding carboxylic acids is 1. The summed E-state index contributed by atoms with van der Waals surface area (Å²) in [5.74, 6) is 1.12. The van der Waals surface area contributed by atoms with E-state index >= 15 is 0 Å². The molecule has 0 aromatic carbocycles. The molecule has 1 atom stereocenters. The molecule has 3 N–H and O–H groups in total. The zero-order valence-electron chi connectivity index (χ0n) is 15.3. The Morgan fingerprint density at radius 3 is 2.96 bits per heavy atom. The predicted octanol–water partition coefficient (Wildman–Crippen LogP) is 1.95. The third-order valence-electron chi connectivity index (χ3n) is 6.04. The third kappa shape index (κ3) is 2.78. The minimum atomic E-state index is -0.0863. The van der Waals surface area contributed by atoms with Gasteiger partial charge in [-0.2, -0.15) is 0 Å². The van der Waals surface area contributed by atoms with Crippen molar-refractivity contribution < 1.29 is 4.79 Å². The second-order valence-electron chi connectivity index (χ2n) is 7.83. The van der Waals surface area contributed by atoms with Crippen LogP contribution in [0, 0.1) is 5.92 Å². The summed E-state index contributed by atoms with van der Waals surface area (Å²) in [6, 6.07) is 2.03. The van der Waals surface area contributed by atoms with Crippen LogP contribution in [0.3, 0.4) is 0 Å². The second-order valence-corrected chi connectivity index (χ2v) is 7.83. The van der Waals surface area contributed by atoms with Gasteiger partial charge in [0.15, 0.2) is 0 Å². The van der Waals surface area contributed by atoms with Crippen LogP contribution in [0.4, 0.5) is 5.82 Å². The molecule has 1 spiro atoms. The van der Waals surface area contributed by atoms with Crippen LogP contribution in [0.15, 0.2) is 42.5 Å². The van der Waals surface area contributed by atoms with E-state index in [1.807, 2.05) is 30.5 Å². The highest BCUT2D eigenvalue weighted by molar-refractivity contribution is 5.87. The summed E-state index contributed by atoms with van der Waals surface area (Å²) in [6.07, 6.45) is 13.1. The number of allylic oxidation sites excluding steroid dienone is 2. The number of aromatic amines is 1. The van der Waals surface area contributed by atoms with Gasteiger partial charge in [0.2, 0.25) is 5.91 Å². The Labute approximate surface area is 157 Å². The molecule has 2 aromatic heterocycles. The molecule has 1 aliphatic heterocycles. The number of fused-ring (bicyclic) bond motifs is 1. The highest BCUT2D eigenvalue weighted by Gasteiger charge is 2.52. The fourth-order valence-corrected chi connectivity index (χ4v) is 4.40. The van der Waals surface area contributed by atoms with Crippen molar-refractivity contribution in [1.29, 1.82) is 0 Å². The minimum Gasteiger partial charge on any atom is -0.399 e. The van der Waals surface area contributed by atoms with Gasteiger partial charge in [0.1, 0.15) is 17.8 Å². The van der Waals surface area contributed by atoms with E-state index in [1.165, 1.54) is 0 Å². The van der Waals surface area contributed by atoms with Crippen molar-refractivity contribution in [2.75, 3.05) is 24.5 Å². The number of hydrogen-bond donors (Lipinski definition) is 2. The molecule has 3 aliphatic rings. The molecule has 0 bridgehead atoms. The van der Waals surface area contributed by atoms with Gasteiger partial charge < -0.3 is 20.5 Å². The number of nitrogens with two attached hydrogens (primary N) is 1. The summed E-state index contributed by atoms with van der Waals surface area (Å²) in [4.78, 5) is 29.7. The number of aromatic nitrogens is 3. The molecule has 1 unspecified atom stereocenters. The average molecular weight is 364 g/mol. The van der Waals surface area contributed by atoms with Crippen molar-refractivity contribution in [3.63, 3.8) is 0 Å². The van der Waals surface area contributed by atoms with Gasteiger partial charge in [0.05, 0.1) is 16.8 Å². The van der Waals surface area contributed by atoms with Crippen LogP contribution in [0.1, 0.15) is 25.7 Å². The summed E-state index contributed by atoms with van der Waals surface area (Å²) in [5, 5.41) is 1.05. The summed E-state index contributed by atoms with van der Waals surface area (Å²) in [7, 11) is 0. The summed E-state index contributed by atoms with van der Waals surface area (Å²) < 4.78 is 0. The number of anilines is 1. The van der Waals surface area contributed by atoms with Crippen molar-refractivity contribution >= 4 is 22.8 Å². The van der Waals surface area contributed by atoms with Crippen molar-refractivity contribution in [3.8, 4) is 0 Å². The Kier molecular flexibility index (Phi) is 3.70. The van der Waals surface area contributed by atoms with Gasteiger partial charge in [-0.15, -0.1) is 0 Å².